The van der Waals surface area contributed by atoms with Gasteiger partial charge >= 0.3 is 0 Å². The van der Waals surface area contributed by atoms with E-state index in [-0.39, 0.29) is 0 Å². The Balaban J connectivity index is 2.10. The van der Waals surface area contributed by atoms with Crippen molar-refractivity contribution >= 4 is 5.69 Å². The molecule has 0 atom stereocenters. The molecule has 3 heteroatoms. The molecule has 1 N–H and O–H groups in total. The minimum atomic E-state index is 0.307. The molecule has 2 rings (SSSR count). The first-order valence-electron chi connectivity index (χ1n) is 4.37. The normalized spacial score (nSPS) is 16.7. The van der Waals surface area contributed by atoms with Gasteiger partial charge in [-0.1, -0.05) is 0 Å². The molecule has 1 aromatic carbocycles. The molecule has 0 aromatic heterocycles. The van der Waals surface area contributed by atoms with Gasteiger partial charge in [-0.05, 0) is 24.3 Å². The van der Waals surface area contributed by atoms with E-state index in [2.05, 4.69) is 4.90 Å². The van der Waals surface area contributed by atoms with Crippen molar-refractivity contribution in [1.82, 2.24) is 0 Å². The van der Waals surface area contributed by atoms with Crippen molar-refractivity contribution in [2.75, 3.05) is 25.2 Å². The van der Waals surface area contributed by atoms with Crippen molar-refractivity contribution in [2.24, 2.45) is 0 Å². The fourth-order valence-corrected chi connectivity index (χ4v) is 1.35. The third kappa shape index (κ3) is 1.60. The lowest BCUT2D eigenvalue weighted by molar-refractivity contribution is 0.0101. The highest BCUT2D eigenvalue weighted by Crippen LogP contribution is 2.21. The van der Waals surface area contributed by atoms with Crippen LogP contribution in [0.15, 0.2) is 24.3 Å². The van der Waals surface area contributed by atoms with Crippen molar-refractivity contribution in [3.05, 3.63) is 24.3 Å². The maximum atomic E-state index is 9.11. The fraction of sp³-hybridized carbons (Fsp3) is 0.400. The van der Waals surface area contributed by atoms with Gasteiger partial charge in [0.05, 0.1) is 19.3 Å². The minimum Gasteiger partial charge on any atom is -0.508 e. The predicted octanol–water partition coefficient (Wildman–Crippen LogP) is 1.23. The highest BCUT2D eigenvalue weighted by atomic mass is 16.5. The van der Waals surface area contributed by atoms with Crippen LogP contribution >= 0.6 is 0 Å². The number of aromatic hydroxyl groups is 1. The lowest BCUT2D eigenvalue weighted by Crippen LogP contribution is -2.47. The highest BCUT2D eigenvalue weighted by molar-refractivity contribution is 5.49. The fourth-order valence-electron chi connectivity index (χ4n) is 1.35. The average molecular weight is 179 g/mol. The second-order valence-electron chi connectivity index (χ2n) is 3.32. The Labute approximate surface area is 77.6 Å². The van der Waals surface area contributed by atoms with E-state index < -0.39 is 0 Å². The van der Waals surface area contributed by atoms with Gasteiger partial charge in [0.2, 0.25) is 0 Å². The molecule has 0 unspecified atom stereocenters. The lowest BCUT2D eigenvalue weighted by atomic mass is 10.2. The molecule has 1 aliphatic heterocycles. The van der Waals surface area contributed by atoms with Crippen molar-refractivity contribution in [2.45, 2.75) is 6.04 Å². The van der Waals surface area contributed by atoms with Crippen molar-refractivity contribution in [3.8, 4) is 5.75 Å². The van der Waals surface area contributed by atoms with E-state index in [1.165, 1.54) is 0 Å². The molecule has 1 heterocycles. The standard InChI is InChI=1S/C10H13NO2/c1-11(9-6-13-7-9)8-2-4-10(12)5-3-8/h2-5,9,12H,6-7H2,1H3. The number of benzene rings is 1. The number of anilines is 1. The Morgan fingerprint density at radius 3 is 2.38 bits per heavy atom. The van der Waals surface area contributed by atoms with Crippen LogP contribution in [0.2, 0.25) is 0 Å². The number of ether oxygens (including phenoxy) is 1. The SMILES string of the molecule is CN(c1ccc(O)cc1)C1COC1. The third-order valence-corrected chi connectivity index (χ3v) is 2.43. The van der Waals surface area contributed by atoms with E-state index in [0.29, 0.717) is 11.8 Å². The first kappa shape index (κ1) is 8.38. The van der Waals surface area contributed by atoms with Gasteiger partial charge in [0.1, 0.15) is 5.75 Å². The smallest absolute Gasteiger partial charge is 0.115 e. The number of hydrogen-bond donors (Lipinski definition) is 1. The summed E-state index contributed by atoms with van der Waals surface area (Å²) in [5.41, 5.74) is 1.12. The second-order valence-corrected chi connectivity index (χ2v) is 3.32. The predicted molar refractivity (Wildman–Crippen MR) is 51.1 cm³/mol. The maximum Gasteiger partial charge on any atom is 0.115 e. The zero-order valence-corrected chi connectivity index (χ0v) is 7.60. The molecule has 13 heavy (non-hydrogen) atoms. The molecule has 1 saturated heterocycles. The number of phenols is 1. The van der Waals surface area contributed by atoms with E-state index in [9.17, 15) is 0 Å². The molecular weight excluding hydrogens is 166 g/mol. The lowest BCUT2D eigenvalue weighted by Gasteiger charge is -2.36. The van der Waals surface area contributed by atoms with Gasteiger partial charge in [-0.2, -0.15) is 0 Å². The van der Waals surface area contributed by atoms with Gasteiger partial charge < -0.3 is 14.7 Å². The van der Waals surface area contributed by atoms with Crippen LogP contribution in [0.5, 0.6) is 5.75 Å². The molecule has 1 aromatic rings. The first-order chi connectivity index (χ1) is 6.27. The Bertz CT molecular complexity index is 279. The molecule has 0 amide bonds. The average Bonchev–Trinajstić information content (AvgIpc) is 2.02. The number of likely N-dealkylation sites (N-methyl/N-ethyl adjacent to an activating group) is 1. The first-order valence-corrected chi connectivity index (χ1v) is 4.37. The van der Waals surface area contributed by atoms with Gasteiger partial charge in [0, 0.05) is 12.7 Å². The van der Waals surface area contributed by atoms with Crippen molar-refractivity contribution in [1.29, 1.82) is 0 Å². The zero-order chi connectivity index (χ0) is 9.26. The van der Waals surface area contributed by atoms with Gasteiger partial charge in [0.25, 0.3) is 0 Å². The summed E-state index contributed by atoms with van der Waals surface area (Å²) in [7, 11) is 2.04. The summed E-state index contributed by atoms with van der Waals surface area (Å²) in [5.74, 6) is 0.307. The van der Waals surface area contributed by atoms with E-state index in [1.807, 2.05) is 19.2 Å². The molecule has 0 bridgehead atoms. The van der Waals surface area contributed by atoms with E-state index in [0.717, 1.165) is 18.9 Å². The molecule has 1 fully saturated rings. The maximum absolute atomic E-state index is 9.11. The molecular formula is C10H13NO2. The molecule has 0 aliphatic carbocycles. The van der Waals surface area contributed by atoms with Crippen LogP contribution in [0.3, 0.4) is 0 Å². The monoisotopic (exact) mass is 179 g/mol. The zero-order valence-electron chi connectivity index (χ0n) is 7.60. The largest absolute Gasteiger partial charge is 0.508 e. The van der Waals surface area contributed by atoms with Crippen LogP contribution in [0.4, 0.5) is 5.69 Å². The van der Waals surface area contributed by atoms with Gasteiger partial charge in [-0.15, -0.1) is 0 Å². The topological polar surface area (TPSA) is 32.7 Å². The van der Waals surface area contributed by atoms with Crippen LogP contribution in [-0.4, -0.2) is 31.4 Å². The molecule has 0 spiro atoms. The molecule has 3 nitrogen and oxygen atoms in total. The number of nitrogens with zero attached hydrogens (tertiary/aromatic N) is 1. The Hall–Kier alpha value is -1.22. The summed E-state index contributed by atoms with van der Waals surface area (Å²) in [5, 5.41) is 9.11. The van der Waals surface area contributed by atoms with Crippen LogP contribution in [0, 0.1) is 0 Å². The van der Waals surface area contributed by atoms with Crippen LogP contribution < -0.4 is 4.90 Å². The molecule has 70 valence electrons. The summed E-state index contributed by atoms with van der Waals surface area (Å²) in [6.45, 7) is 1.61. The van der Waals surface area contributed by atoms with Crippen molar-refractivity contribution in [3.63, 3.8) is 0 Å². The molecule has 0 saturated carbocycles. The van der Waals surface area contributed by atoms with Crippen LogP contribution in [0.25, 0.3) is 0 Å². The summed E-state index contributed by atoms with van der Waals surface area (Å²) in [6.07, 6.45) is 0. The van der Waals surface area contributed by atoms with Crippen LogP contribution in [0.1, 0.15) is 0 Å². The van der Waals surface area contributed by atoms with E-state index in [4.69, 9.17) is 9.84 Å². The quantitative estimate of drug-likeness (QED) is 0.741. The highest BCUT2D eigenvalue weighted by Gasteiger charge is 2.22. The summed E-state index contributed by atoms with van der Waals surface area (Å²) in [6, 6.07) is 7.71. The van der Waals surface area contributed by atoms with Crippen molar-refractivity contribution < 1.29 is 9.84 Å². The summed E-state index contributed by atoms with van der Waals surface area (Å²) in [4.78, 5) is 2.17. The number of rotatable bonds is 2. The van der Waals surface area contributed by atoms with E-state index in [1.54, 1.807) is 12.1 Å². The Morgan fingerprint density at radius 2 is 1.92 bits per heavy atom. The van der Waals surface area contributed by atoms with Gasteiger partial charge in [0.15, 0.2) is 0 Å². The van der Waals surface area contributed by atoms with E-state index >= 15 is 0 Å². The molecule has 1 aliphatic rings. The minimum absolute atomic E-state index is 0.307. The molecule has 0 radical (unpaired) electrons. The summed E-state index contributed by atoms with van der Waals surface area (Å²) < 4.78 is 5.11. The number of phenolic OH excluding ortho intramolecular Hbond substituents is 1. The summed E-state index contributed by atoms with van der Waals surface area (Å²) >= 11 is 0. The Kier molecular flexibility index (Phi) is 2.10. The van der Waals surface area contributed by atoms with Gasteiger partial charge in [-0.3, -0.25) is 0 Å². The third-order valence-electron chi connectivity index (χ3n) is 2.43. The van der Waals surface area contributed by atoms with Gasteiger partial charge in [-0.25, -0.2) is 0 Å². The van der Waals surface area contributed by atoms with Crippen LogP contribution in [-0.2, 0) is 4.74 Å². The second kappa shape index (κ2) is 3.26. The number of hydrogen-bond acceptors (Lipinski definition) is 3. The Morgan fingerprint density at radius 1 is 1.31 bits per heavy atom.